The minimum absolute atomic E-state index is 0.0834. The van der Waals surface area contributed by atoms with E-state index < -0.39 is 24.4 Å². The second-order valence-electron chi connectivity index (χ2n) is 3.71. The molecule has 1 unspecified atom stereocenters. The van der Waals surface area contributed by atoms with Crippen LogP contribution in [0.5, 0.6) is 11.5 Å². The van der Waals surface area contributed by atoms with Gasteiger partial charge in [-0.05, 0) is 12.1 Å². The van der Waals surface area contributed by atoms with Gasteiger partial charge in [0, 0.05) is 0 Å². The number of carboxylic acids is 1. The van der Waals surface area contributed by atoms with Crippen molar-refractivity contribution in [3.63, 3.8) is 0 Å². The van der Waals surface area contributed by atoms with Gasteiger partial charge in [0.15, 0.2) is 11.5 Å². The molecule has 1 aliphatic heterocycles. The molecule has 4 nitrogen and oxygen atoms in total. The van der Waals surface area contributed by atoms with Gasteiger partial charge in [-0.25, -0.2) is 4.79 Å². The lowest BCUT2D eigenvalue weighted by Crippen LogP contribution is -2.39. The van der Waals surface area contributed by atoms with Crippen LogP contribution in [0.15, 0.2) is 24.3 Å². The maximum atomic E-state index is 13.0. The van der Waals surface area contributed by atoms with E-state index in [9.17, 15) is 13.6 Å². The number of hydrogen-bond donors (Lipinski definition) is 1. The van der Waals surface area contributed by atoms with Gasteiger partial charge in [0.05, 0.1) is 6.42 Å². The van der Waals surface area contributed by atoms with E-state index in [1.807, 2.05) is 0 Å². The predicted molar refractivity (Wildman–Crippen MR) is 53.6 cm³/mol. The first-order valence-corrected chi connectivity index (χ1v) is 4.99. The zero-order chi connectivity index (χ0) is 12.5. The summed E-state index contributed by atoms with van der Waals surface area (Å²) in [5.41, 5.74) is 0. The Morgan fingerprint density at radius 3 is 2.71 bits per heavy atom. The van der Waals surface area contributed by atoms with Crippen molar-refractivity contribution in [2.24, 2.45) is 0 Å². The molecule has 92 valence electrons. The summed E-state index contributed by atoms with van der Waals surface area (Å²) in [6.45, 7) is -0.0834. The number of benzene rings is 1. The summed E-state index contributed by atoms with van der Waals surface area (Å²) < 4.78 is 36.4. The molecule has 0 aliphatic carbocycles. The van der Waals surface area contributed by atoms with E-state index in [-0.39, 0.29) is 6.61 Å². The molecule has 0 amide bonds. The van der Waals surface area contributed by atoms with Gasteiger partial charge in [-0.3, -0.25) is 0 Å². The summed E-state index contributed by atoms with van der Waals surface area (Å²) in [4.78, 5) is 10.3. The molecule has 0 fully saturated rings. The van der Waals surface area contributed by atoms with Crippen molar-refractivity contribution in [2.45, 2.75) is 18.4 Å². The number of para-hydroxylation sites is 2. The molecule has 6 heteroatoms. The maximum Gasteiger partial charge on any atom is 0.374 e. The van der Waals surface area contributed by atoms with E-state index in [1.54, 1.807) is 24.3 Å². The summed E-state index contributed by atoms with van der Waals surface area (Å²) in [7, 11) is 0. The lowest BCUT2D eigenvalue weighted by molar-refractivity contribution is -0.169. The fourth-order valence-electron chi connectivity index (χ4n) is 1.54. The number of hydrogen-bond acceptors (Lipinski definition) is 3. The molecule has 0 radical (unpaired) electrons. The smallest absolute Gasteiger partial charge is 0.374 e. The Bertz CT molecular complexity index is 433. The average Bonchev–Trinajstić information content (AvgIpc) is 2.28. The Morgan fingerprint density at radius 1 is 1.41 bits per heavy atom. The molecule has 1 aromatic carbocycles. The van der Waals surface area contributed by atoms with Crippen LogP contribution in [0.3, 0.4) is 0 Å². The van der Waals surface area contributed by atoms with E-state index in [1.165, 1.54) is 0 Å². The molecule has 1 aliphatic rings. The number of alkyl halides is 2. The van der Waals surface area contributed by atoms with Gasteiger partial charge in [0.25, 0.3) is 0 Å². The summed E-state index contributed by atoms with van der Waals surface area (Å²) in [6, 6.07) is 6.65. The highest BCUT2D eigenvalue weighted by Crippen LogP contribution is 2.33. The molecule has 0 bridgehead atoms. The van der Waals surface area contributed by atoms with Crippen molar-refractivity contribution >= 4 is 5.97 Å². The number of ether oxygens (including phenoxy) is 2. The van der Waals surface area contributed by atoms with E-state index in [0.717, 1.165) is 0 Å². The minimum atomic E-state index is -3.81. The standard InChI is InChI=1S/C11H10F2O4/c12-11(13,10(14)15)5-7-6-16-8-3-1-2-4-9(8)17-7/h1-4,7H,5-6H2,(H,14,15). The molecule has 0 aromatic heterocycles. The van der Waals surface area contributed by atoms with Crippen LogP contribution in [-0.2, 0) is 4.79 Å². The zero-order valence-electron chi connectivity index (χ0n) is 8.73. The largest absolute Gasteiger partial charge is 0.486 e. The van der Waals surface area contributed by atoms with Crippen molar-refractivity contribution in [3.8, 4) is 11.5 Å². The molecular weight excluding hydrogens is 234 g/mol. The molecular formula is C11H10F2O4. The first kappa shape index (κ1) is 11.6. The molecule has 0 spiro atoms. The van der Waals surface area contributed by atoms with E-state index in [4.69, 9.17) is 14.6 Å². The van der Waals surface area contributed by atoms with E-state index >= 15 is 0 Å². The van der Waals surface area contributed by atoms with Gasteiger partial charge in [-0.2, -0.15) is 8.78 Å². The number of aliphatic carboxylic acids is 1. The molecule has 0 saturated heterocycles. The van der Waals surface area contributed by atoms with Gasteiger partial charge in [0.1, 0.15) is 12.7 Å². The highest BCUT2D eigenvalue weighted by atomic mass is 19.3. The van der Waals surface area contributed by atoms with E-state index in [0.29, 0.717) is 11.5 Å². The summed E-state index contributed by atoms with van der Waals surface area (Å²) in [6.07, 6.45) is -1.87. The first-order valence-electron chi connectivity index (χ1n) is 4.99. The Labute approximate surface area is 95.8 Å². The fourth-order valence-corrected chi connectivity index (χ4v) is 1.54. The third kappa shape index (κ3) is 2.46. The SMILES string of the molecule is O=C(O)C(F)(F)CC1COc2ccccc2O1. The Morgan fingerprint density at radius 2 is 2.06 bits per heavy atom. The van der Waals surface area contributed by atoms with Gasteiger partial charge in [-0.1, -0.05) is 12.1 Å². The van der Waals surface area contributed by atoms with Crippen molar-refractivity contribution in [3.05, 3.63) is 24.3 Å². The van der Waals surface area contributed by atoms with Crippen LogP contribution in [0.25, 0.3) is 0 Å². The van der Waals surface area contributed by atoms with Crippen LogP contribution in [0, 0.1) is 0 Å². The predicted octanol–water partition coefficient (Wildman–Crippen LogP) is 1.94. The van der Waals surface area contributed by atoms with Crippen LogP contribution >= 0.6 is 0 Å². The highest BCUT2D eigenvalue weighted by molar-refractivity contribution is 5.75. The monoisotopic (exact) mass is 244 g/mol. The Hall–Kier alpha value is -1.85. The normalized spacial score (nSPS) is 18.8. The topological polar surface area (TPSA) is 55.8 Å². The van der Waals surface area contributed by atoms with Crippen LogP contribution in [0.1, 0.15) is 6.42 Å². The number of fused-ring (bicyclic) bond motifs is 1. The average molecular weight is 244 g/mol. The van der Waals surface area contributed by atoms with Gasteiger partial charge >= 0.3 is 11.9 Å². The van der Waals surface area contributed by atoms with Crippen LogP contribution < -0.4 is 9.47 Å². The zero-order valence-corrected chi connectivity index (χ0v) is 8.73. The van der Waals surface area contributed by atoms with Gasteiger partial charge in [0.2, 0.25) is 0 Å². The van der Waals surface area contributed by atoms with Crippen LogP contribution in [0.4, 0.5) is 8.78 Å². The second kappa shape index (κ2) is 4.20. The van der Waals surface area contributed by atoms with Crippen molar-refractivity contribution in [1.29, 1.82) is 0 Å². The quantitative estimate of drug-likeness (QED) is 0.882. The number of carboxylic acid groups (broad SMARTS) is 1. The second-order valence-corrected chi connectivity index (χ2v) is 3.71. The molecule has 2 rings (SSSR count). The third-order valence-corrected chi connectivity index (χ3v) is 2.36. The number of rotatable bonds is 3. The number of halogens is 2. The van der Waals surface area contributed by atoms with Crippen LogP contribution in [-0.4, -0.2) is 29.7 Å². The lowest BCUT2D eigenvalue weighted by atomic mass is 10.1. The summed E-state index contributed by atoms with van der Waals surface area (Å²) >= 11 is 0. The van der Waals surface area contributed by atoms with Gasteiger partial charge < -0.3 is 14.6 Å². The third-order valence-electron chi connectivity index (χ3n) is 2.36. The Balaban J connectivity index is 2.06. The highest BCUT2D eigenvalue weighted by Gasteiger charge is 2.43. The molecule has 1 aromatic rings. The lowest BCUT2D eigenvalue weighted by Gasteiger charge is -2.27. The minimum Gasteiger partial charge on any atom is -0.486 e. The van der Waals surface area contributed by atoms with Crippen LogP contribution in [0.2, 0.25) is 0 Å². The van der Waals surface area contributed by atoms with Gasteiger partial charge in [-0.15, -0.1) is 0 Å². The molecule has 17 heavy (non-hydrogen) atoms. The Kier molecular flexibility index (Phi) is 2.87. The molecule has 1 atom stereocenters. The molecule has 1 N–H and O–H groups in total. The molecule has 0 saturated carbocycles. The summed E-state index contributed by atoms with van der Waals surface area (Å²) in [5, 5.41) is 8.32. The van der Waals surface area contributed by atoms with Crippen molar-refractivity contribution < 1.29 is 28.2 Å². The van der Waals surface area contributed by atoms with Crippen molar-refractivity contribution in [2.75, 3.05) is 6.61 Å². The van der Waals surface area contributed by atoms with Crippen molar-refractivity contribution in [1.82, 2.24) is 0 Å². The number of carbonyl (C=O) groups is 1. The first-order chi connectivity index (χ1) is 7.99. The van der Waals surface area contributed by atoms with E-state index in [2.05, 4.69) is 0 Å². The molecule has 1 heterocycles. The summed E-state index contributed by atoms with van der Waals surface area (Å²) in [5.74, 6) is -5.13. The fraction of sp³-hybridized carbons (Fsp3) is 0.364. The maximum absolute atomic E-state index is 13.0.